The summed E-state index contributed by atoms with van der Waals surface area (Å²) >= 11 is 3.62. The first-order valence-corrected chi connectivity index (χ1v) is 13.5. The van der Waals surface area contributed by atoms with Gasteiger partial charge in [-0.3, -0.25) is 4.79 Å². The van der Waals surface area contributed by atoms with Crippen LogP contribution < -0.4 is 9.92 Å². The molecule has 0 radical (unpaired) electrons. The molecular weight excluding hydrogens is 418 g/mol. The van der Waals surface area contributed by atoms with Gasteiger partial charge in [-0.05, 0) is 39.9 Å². The molecule has 0 unspecified atom stereocenters. The van der Waals surface area contributed by atoms with Gasteiger partial charge < -0.3 is 4.74 Å². The Morgan fingerprint density at radius 3 is 2.56 bits per heavy atom. The maximum absolute atomic E-state index is 13.0. The molecule has 3 atom stereocenters. The third-order valence-corrected chi connectivity index (χ3v) is 11.4. The Morgan fingerprint density at radius 2 is 1.89 bits per heavy atom. The van der Waals surface area contributed by atoms with E-state index in [1.54, 1.807) is 7.11 Å². The summed E-state index contributed by atoms with van der Waals surface area (Å²) in [5.41, 5.74) is 1.32. The highest BCUT2D eigenvalue weighted by atomic mass is 79.9. The van der Waals surface area contributed by atoms with Gasteiger partial charge in [0.05, 0.1) is 20.9 Å². The summed E-state index contributed by atoms with van der Waals surface area (Å²) in [5.74, 6) is 1.55. The molecule has 2 aromatic rings. The third kappa shape index (κ3) is 4.19. The van der Waals surface area contributed by atoms with Crippen molar-refractivity contribution in [3.63, 3.8) is 0 Å². The predicted octanol–water partition coefficient (Wildman–Crippen LogP) is 5.00. The van der Waals surface area contributed by atoms with Gasteiger partial charge in [0.25, 0.3) is 0 Å². The van der Waals surface area contributed by atoms with Gasteiger partial charge in [0.2, 0.25) is 5.88 Å². The number of pyridine rings is 1. The van der Waals surface area contributed by atoms with Crippen LogP contribution in [0.1, 0.15) is 25.5 Å². The molecule has 0 amide bonds. The molecular formula is C22H28BrNO2Si. The molecule has 1 aliphatic rings. The molecule has 5 heteroatoms. The number of Topliss-reactive ketones (excluding diaryl/α,β-unsaturated/α-hetero) is 1. The number of halogens is 1. The highest BCUT2D eigenvalue weighted by Crippen LogP contribution is 2.45. The van der Waals surface area contributed by atoms with Crippen molar-refractivity contribution in [2.45, 2.75) is 44.8 Å². The number of hydrogen-bond donors (Lipinski definition) is 0. The summed E-state index contributed by atoms with van der Waals surface area (Å²) in [4.78, 5) is 17.7. The van der Waals surface area contributed by atoms with E-state index >= 15 is 0 Å². The number of carbonyl (C=O) groups is 1. The van der Waals surface area contributed by atoms with E-state index in [0.717, 1.165) is 16.6 Å². The molecule has 3 rings (SSSR count). The van der Waals surface area contributed by atoms with Crippen molar-refractivity contribution in [2.75, 3.05) is 7.11 Å². The van der Waals surface area contributed by atoms with Gasteiger partial charge in [0.1, 0.15) is 5.78 Å². The van der Waals surface area contributed by atoms with Crippen LogP contribution in [0.5, 0.6) is 5.88 Å². The van der Waals surface area contributed by atoms with Crippen LogP contribution in [0.4, 0.5) is 0 Å². The smallest absolute Gasteiger partial charge is 0.213 e. The molecule has 0 bridgehead atoms. The second kappa shape index (κ2) is 8.27. The zero-order valence-corrected chi connectivity index (χ0v) is 19.1. The molecule has 0 spiro atoms. The Morgan fingerprint density at radius 1 is 1.19 bits per heavy atom. The van der Waals surface area contributed by atoms with Crippen LogP contribution in [-0.4, -0.2) is 26.0 Å². The van der Waals surface area contributed by atoms with Crippen molar-refractivity contribution >= 4 is 35.0 Å². The maximum Gasteiger partial charge on any atom is 0.213 e. The lowest BCUT2D eigenvalue weighted by Crippen LogP contribution is -2.53. The largest absolute Gasteiger partial charge is 0.481 e. The van der Waals surface area contributed by atoms with Crippen molar-refractivity contribution < 1.29 is 9.53 Å². The van der Waals surface area contributed by atoms with Gasteiger partial charge in [-0.25, -0.2) is 4.98 Å². The Labute approximate surface area is 171 Å². The summed E-state index contributed by atoms with van der Waals surface area (Å²) < 4.78 is 6.25. The molecule has 1 saturated carbocycles. The van der Waals surface area contributed by atoms with E-state index in [1.165, 1.54) is 5.19 Å². The molecule has 1 aromatic heterocycles. The Hall–Kier alpha value is -1.46. The lowest BCUT2D eigenvalue weighted by atomic mass is 9.78. The second-order valence-corrected chi connectivity index (χ2v) is 13.7. The van der Waals surface area contributed by atoms with E-state index in [-0.39, 0.29) is 5.92 Å². The molecule has 27 heavy (non-hydrogen) atoms. The fourth-order valence-corrected chi connectivity index (χ4v) is 9.49. The molecule has 1 fully saturated rings. The molecule has 1 aromatic carbocycles. The van der Waals surface area contributed by atoms with E-state index in [1.807, 2.05) is 12.1 Å². The van der Waals surface area contributed by atoms with Crippen LogP contribution in [0.25, 0.3) is 0 Å². The van der Waals surface area contributed by atoms with Crippen molar-refractivity contribution in [1.29, 1.82) is 0 Å². The number of hydrogen-bond acceptors (Lipinski definition) is 3. The maximum atomic E-state index is 13.0. The number of methoxy groups -OCH3 is 1. The average Bonchev–Trinajstić information content (AvgIpc) is 2.67. The molecule has 0 aliphatic heterocycles. The highest BCUT2D eigenvalue weighted by molar-refractivity contribution is 9.10. The first-order chi connectivity index (χ1) is 12.8. The number of ketones is 1. The number of rotatable bonds is 5. The number of ether oxygens (including phenoxy) is 1. The molecule has 144 valence electrons. The van der Waals surface area contributed by atoms with Crippen LogP contribution in [0.2, 0.25) is 18.6 Å². The Balaban J connectivity index is 1.99. The lowest BCUT2D eigenvalue weighted by Gasteiger charge is -2.44. The zero-order chi connectivity index (χ0) is 19.6. The summed E-state index contributed by atoms with van der Waals surface area (Å²) in [6, 6.07) is 14.6. The van der Waals surface area contributed by atoms with Gasteiger partial charge >= 0.3 is 0 Å². The molecule has 1 heterocycles. The number of carbonyl (C=O) groups excluding carboxylic acids is 1. The van der Waals surface area contributed by atoms with Gasteiger partial charge in [-0.1, -0.05) is 55.5 Å². The first-order valence-electron chi connectivity index (χ1n) is 9.62. The van der Waals surface area contributed by atoms with Crippen LogP contribution in [0.3, 0.4) is 0 Å². The zero-order valence-electron chi connectivity index (χ0n) is 16.5. The Kier molecular flexibility index (Phi) is 6.21. The number of nitrogens with zero attached hydrogens (tertiary/aromatic N) is 1. The SMILES string of the molecule is COc1ccc(Br)c(C[C@H]2C(=O)CC[C@@H](C)[C@@H]2[Si](C)(C)c2ccccc2)n1. The second-order valence-electron chi connectivity index (χ2n) is 8.19. The molecule has 1 aliphatic carbocycles. The molecule has 0 N–H and O–H groups in total. The highest BCUT2D eigenvalue weighted by Gasteiger charge is 2.47. The minimum Gasteiger partial charge on any atom is -0.481 e. The fraction of sp³-hybridized carbons (Fsp3) is 0.455. The predicted molar refractivity (Wildman–Crippen MR) is 116 cm³/mol. The Bertz CT molecular complexity index is 809. The van der Waals surface area contributed by atoms with Gasteiger partial charge in [-0.2, -0.15) is 0 Å². The quantitative estimate of drug-likeness (QED) is 0.607. The minimum absolute atomic E-state index is 0.0199. The van der Waals surface area contributed by atoms with Gasteiger partial charge in [-0.15, -0.1) is 0 Å². The summed E-state index contributed by atoms with van der Waals surface area (Å²) in [7, 11) is -0.208. The fourth-order valence-electron chi connectivity index (χ4n) is 4.78. The van der Waals surface area contributed by atoms with Gasteiger partial charge in [0.15, 0.2) is 0 Å². The van der Waals surface area contributed by atoms with Crippen molar-refractivity contribution in [2.24, 2.45) is 11.8 Å². The van der Waals surface area contributed by atoms with E-state index in [2.05, 4.69) is 71.3 Å². The van der Waals surface area contributed by atoms with E-state index in [9.17, 15) is 4.79 Å². The third-order valence-electron chi connectivity index (χ3n) is 6.17. The standard InChI is InChI=1S/C22H28BrNO2Si/c1-15-10-12-20(25)17(14-19-18(23)11-13-21(24-19)26-2)22(15)27(3,4)16-8-6-5-7-9-16/h5-9,11,13,15,17,22H,10,12,14H2,1-4H3/t15-,17+,22+/m1/s1. The van der Waals surface area contributed by atoms with Crippen molar-refractivity contribution in [3.8, 4) is 5.88 Å². The minimum atomic E-state index is -1.83. The molecule has 0 saturated heterocycles. The van der Waals surface area contributed by atoms with Crippen LogP contribution in [-0.2, 0) is 11.2 Å². The monoisotopic (exact) mass is 445 g/mol. The summed E-state index contributed by atoms with van der Waals surface area (Å²) in [5, 5.41) is 1.43. The van der Waals surface area contributed by atoms with E-state index < -0.39 is 8.07 Å². The normalized spacial score (nSPS) is 23.3. The first kappa shape index (κ1) is 20.3. The van der Waals surface area contributed by atoms with E-state index in [0.29, 0.717) is 36.0 Å². The van der Waals surface area contributed by atoms with Crippen molar-refractivity contribution in [1.82, 2.24) is 4.98 Å². The average molecular weight is 446 g/mol. The summed E-state index contributed by atoms with van der Waals surface area (Å²) in [6.45, 7) is 7.17. The number of aromatic nitrogens is 1. The lowest BCUT2D eigenvalue weighted by molar-refractivity contribution is -0.125. The van der Waals surface area contributed by atoms with Crippen LogP contribution in [0, 0.1) is 11.8 Å². The molecule has 3 nitrogen and oxygen atoms in total. The van der Waals surface area contributed by atoms with Crippen LogP contribution in [0.15, 0.2) is 46.9 Å². The van der Waals surface area contributed by atoms with Crippen molar-refractivity contribution in [3.05, 3.63) is 52.6 Å². The van der Waals surface area contributed by atoms with Gasteiger partial charge in [0, 0.05) is 29.3 Å². The topological polar surface area (TPSA) is 39.2 Å². The number of benzene rings is 1. The van der Waals surface area contributed by atoms with Crippen LogP contribution >= 0.6 is 15.9 Å². The summed E-state index contributed by atoms with van der Waals surface area (Å²) in [6.07, 6.45) is 2.36. The van der Waals surface area contributed by atoms with E-state index in [4.69, 9.17) is 4.74 Å².